The van der Waals surface area contributed by atoms with E-state index in [0.717, 1.165) is 37.3 Å². The molecule has 2 N–H and O–H groups in total. The van der Waals surface area contributed by atoms with Crippen LogP contribution in [0.15, 0.2) is 12.7 Å². The highest BCUT2D eigenvalue weighted by molar-refractivity contribution is 5.81. The molecule has 2 aromatic heterocycles. The average Bonchev–Trinajstić information content (AvgIpc) is 2.77. The largest absolute Gasteiger partial charge is 0.385 e. The summed E-state index contributed by atoms with van der Waals surface area (Å²) < 4.78 is 4.98. The predicted molar refractivity (Wildman–Crippen MR) is 61.3 cm³/mol. The lowest BCUT2D eigenvalue weighted by molar-refractivity contribution is 0.194. The van der Waals surface area contributed by atoms with E-state index in [1.807, 2.05) is 0 Å². The summed E-state index contributed by atoms with van der Waals surface area (Å²) in [5.74, 6) is 0.805. The van der Waals surface area contributed by atoms with Crippen LogP contribution < -0.4 is 5.32 Å². The fourth-order valence-corrected chi connectivity index (χ4v) is 1.48. The van der Waals surface area contributed by atoms with Gasteiger partial charge in [-0.3, -0.25) is 0 Å². The molecule has 0 aliphatic rings. The van der Waals surface area contributed by atoms with E-state index in [1.54, 1.807) is 13.4 Å². The van der Waals surface area contributed by atoms with E-state index >= 15 is 0 Å². The number of imidazole rings is 1. The number of anilines is 1. The SMILES string of the molecule is COCCCCNc1ncnc2nc[nH]c12. The van der Waals surface area contributed by atoms with Crippen LogP contribution in [-0.2, 0) is 4.74 Å². The molecule has 86 valence electrons. The smallest absolute Gasteiger partial charge is 0.182 e. The summed E-state index contributed by atoms with van der Waals surface area (Å²) in [6, 6.07) is 0. The number of nitrogens with one attached hydrogen (secondary N) is 2. The quantitative estimate of drug-likeness (QED) is 0.717. The number of methoxy groups -OCH3 is 1. The van der Waals surface area contributed by atoms with Gasteiger partial charge in [0.1, 0.15) is 11.8 Å². The summed E-state index contributed by atoms with van der Waals surface area (Å²) in [5, 5.41) is 3.25. The Morgan fingerprint density at radius 3 is 3.12 bits per heavy atom. The third-order valence-corrected chi connectivity index (χ3v) is 2.29. The maximum atomic E-state index is 4.98. The van der Waals surface area contributed by atoms with Crippen LogP contribution in [0.25, 0.3) is 11.2 Å². The van der Waals surface area contributed by atoms with Crippen molar-refractivity contribution in [2.45, 2.75) is 12.8 Å². The van der Waals surface area contributed by atoms with Crippen molar-refractivity contribution in [2.75, 3.05) is 25.6 Å². The molecule has 0 bridgehead atoms. The molecule has 0 aromatic carbocycles. The highest BCUT2D eigenvalue weighted by Gasteiger charge is 2.03. The van der Waals surface area contributed by atoms with Crippen molar-refractivity contribution in [2.24, 2.45) is 0 Å². The molecule has 0 fully saturated rings. The van der Waals surface area contributed by atoms with Gasteiger partial charge in [-0.1, -0.05) is 0 Å². The first-order chi connectivity index (χ1) is 7.92. The van der Waals surface area contributed by atoms with Crippen LogP contribution in [0.2, 0.25) is 0 Å². The summed E-state index contributed by atoms with van der Waals surface area (Å²) in [5.41, 5.74) is 1.55. The zero-order valence-corrected chi connectivity index (χ0v) is 9.23. The Hall–Kier alpha value is -1.69. The Morgan fingerprint density at radius 2 is 2.25 bits per heavy atom. The number of H-pyrrole nitrogens is 1. The first kappa shape index (κ1) is 10.8. The van der Waals surface area contributed by atoms with E-state index in [9.17, 15) is 0 Å². The zero-order valence-electron chi connectivity index (χ0n) is 9.23. The molecule has 0 saturated carbocycles. The van der Waals surface area contributed by atoms with E-state index in [-0.39, 0.29) is 0 Å². The van der Waals surface area contributed by atoms with E-state index in [4.69, 9.17) is 4.74 Å². The van der Waals surface area contributed by atoms with Crippen LogP contribution in [0.5, 0.6) is 0 Å². The molecule has 6 nitrogen and oxygen atoms in total. The maximum Gasteiger partial charge on any atom is 0.182 e. The maximum absolute atomic E-state index is 4.98. The Morgan fingerprint density at radius 1 is 1.31 bits per heavy atom. The molecule has 2 rings (SSSR count). The summed E-state index contributed by atoms with van der Waals surface area (Å²) in [6.45, 7) is 1.67. The third kappa shape index (κ3) is 2.46. The van der Waals surface area contributed by atoms with Crippen LogP contribution >= 0.6 is 0 Å². The Labute approximate surface area is 93.5 Å². The number of unbranched alkanes of at least 4 members (excludes halogenated alkanes) is 1. The van der Waals surface area contributed by atoms with Crippen molar-refractivity contribution in [1.29, 1.82) is 0 Å². The number of hydrogen-bond donors (Lipinski definition) is 2. The molecule has 0 spiro atoms. The van der Waals surface area contributed by atoms with Gasteiger partial charge in [0, 0.05) is 20.3 Å². The molecule has 0 aliphatic carbocycles. The molecule has 0 amide bonds. The van der Waals surface area contributed by atoms with Gasteiger partial charge >= 0.3 is 0 Å². The number of fused-ring (bicyclic) bond motifs is 1. The molecule has 0 unspecified atom stereocenters. The third-order valence-electron chi connectivity index (χ3n) is 2.29. The summed E-state index contributed by atoms with van der Waals surface area (Å²) in [7, 11) is 1.71. The zero-order chi connectivity index (χ0) is 11.2. The highest BCUT2D eigenvalue weighted by atomic mass is 16.5. The van der Waals surface area contributed by atoms with Gasteiger partial charge in [-0.25, -0.2) is 15.0 Å². The van der Waals surface area contributed by atoms with Crippen LogP contribution in [0.1, 0.15) is 12.8 Å². The number of hydrogen-bond acceptors (Lipinski definition) is 5. The number of ether oxygens (including phenoxy) is 1. The van der Waals surface area contributed by atoms with Crippen molar-refractivity contribution < 1.29 is 4.74 Å². The van der Waals surface area contributed by atoms with E-state index < -0.39 is 0 Å². The molecule has 0 aliphatic heterocycles. The molecule has 2 aromatic rings. The van der Waals surface area contributed by atoms with E-state index in [1.165, 1.54) is 6.33 Å². The van der Waals surface area contributed by atoms with Gasteiger partial charge in [-0.05, 0) is 12.8 Å². The standard InChI is InChI=1S/C10H15N5O/c1-16-5-3-2-4-11-9-8-10(13-6-12-8)15-7-14-9/h6-7H,2-5H2,1H3,(H2,11,12,13,14,15). The van der Waals surface area contributed by atoms with Gasteiger partial charge in [0.15, 0.2) is 11.5 Å². The summed E-state index contributed by atoms with van der Waals surface area (Å²) in [4.78, 5) is 15.3. The van der Waals surface area contributed by atoms with Crippen molar-refractivity contribution >= 4 is 17.0 Å². The molecule has 2 heterocycles. The lowest BCUT2D eigenvalue weighted by Gasteiger charge is -2.05. The molecule has 16 heavy (non-hydrogen) atoms. The Balaban J connectivity index is 1.91. The average molecular weight is 221 g/mol. The molecule has 0 atom stereocenters. The first-order valence-electron chi connectivity index (χ1n) is 5.28. The summed E-state index contributed by atoms with van der Waals surface area (Å²) >= 11 is 0. The minimum atomic E-state index is 0.689. The molecule has 0 saturated heterocycles. The van der Waals surface area contributed by atoms with Crippen LogP contribution in [0.4, 0.5) is 5.82 Å². The lowest BCUT2D eigenvalue weighted by Crippen LogP contribution is -2.05. The number of rotatable bonds is 6. The second kappa shape index (κ2) is 5.41. The number of aromatic nitrogens is 4. The topological polar surface area (TPSA) is 75.7 Å². The molecular weight excluding hydrogens is 206 g/mol. The van der Waals surface area contributed by atoms with Gasteiger partial charge < -0.3 is 15.0 Å². The van der Waals surface area contributed by atoms with Crippen LogP contribution in [-0.4, -0.2) is 40.2 Å². The van der Waals surface area contributed by atoms with Crippen molar-refractivity contribution in [1.82, 2.24) is 19.9 Å². The van der Waals surface area contributed by atoms with Crippen molar-refractivity contribution in [3.63, 3.8) is 0 Å². The van der Waals surface area contributed by atoms with Crippen LogP contribution in [0.3, 0.4) is 0 Å². The van der Waals surface area contributed by atoms with E-state index in [2.05, 4.69) is 25.3 Å². The minimum Gasteiger partial charge on any atom is -0.385 e. The van der Waals surface area contributed by atoms with Gasteiger partial charge in [0.05, 0.1) is 6.33 Å². The Bertz CT molecular complexity index is 441. The van der Waals surface area contributed by atoms with Crippen molar-refractivity contribution in [3.05, 3.63) is 12.7 Å². The monoisotopic (exact) mass is 221 g/mol. The van der Waals surface area contributed by atoms with Gasteiger partial charge in [0.2, 0.25) is 0 Å². The summed E-state index contributed by atoms with van der Waals surface area (Å²) in [6.07, 6.45) is 5.23. The molecular formula is C10H15N5O. The van der Waals surface area contributed by atoms with Crippen molar-refractivity contribution in [3.8, 4) is 0 Å². The molecule has 0 radical (unpaired) electrons. The lowest BCUT2D eigenvalue weighted by atomic mass is 10.3. The second-order valence-corrected chi connectivity index (χ2v) is 3.45. The normalized spacial score (nSPS) is 10.8. The highest BCUT2D eigenvalue weighted by Crippen LogP contribution is 2.13. The van der Waals surface area contributed by atoms with Crippen LogP contribution in [0, 0.1) is 0 Å². The second-order valence-electron chi connectivity index (χ2n) is 3.45. The first-order valence-corrected chi connectivity index (χ1v) is 5.28. The predicted octanol–water partition coefficient (Wildman–Crippen LogP) is 1.19. The molecule has 6 heteroatoms. The van der Waals surface area contributed by atoms with Gasteiger partial charge in [-0.15, -0.1) is 0 Å². The Kier molecular flexibility index (Phi) is 3.66. The minimum absolute atomic E-state index is 0.689. The van der Waals surface area contributed by atoms with E-state index in [0.29, 0.717) is 5.65 Å². The number of nitrogens with zero attached hydrogens (tertiary/aromatic N) is 3. The van der Waals surface area contributed by atoms with Gasteiger partial charge in [-0.2, -0.15) is 0 Å². The fourth-order valence-electron chi connectivity index (χ4n) is 1.48. The van der Waals surface area contributed by atoms with Gasteiger partial charge in [0.25, 0.3) is 0 Å². The number of aromatic amines is 1. The fraction of sp³-hybridized carbons (Fsp3) is 0.500.